The van der Waals surface area contributed by atoms with Gasteiger partial charge in [0.05, 0.1) is 27.3 Å². The van der Waals surface area contributed by atoms with E-state index in [1.807, 2.05) is 0 Å². The summed E-state index contributed by atoms with van der Waals surface area (Å²) in [5.41, 5.74) is -1.87. The number of hydrogen-bond acceptors (Lipinski definition) is 9. The molecule has 4 rings (SSSR count). The average molecular weight is 557 g/mol. The molecule has 2 atom stereocenters. The molecule has 1 saturated carbocycles. The molecular formula is C24H27F3N4O4S2. The number of aromatic nitrogens is 2. The van der Waals surface area contributed by atoms with E-state index in [1.54, 1.807) is 24.2 Å². The van der Waals surface area contributed by atoms with Gasteiger partial charge in [0, 0.05) is 30.0 Å². The Morgan fingerprint density at radius 2 is 2.03 bits per heavy atom. The Kier molecular flexibility index (Phi) is 8.02. The van der Waals surface area contributed by atoms with E-state index in [9.17, 15) is 23.3 Å². The second-order valence-electron chi connectivity index (χ2n) is 9.82. The van der Waals surface area contributed by atoms with Crippen LogP contribution >= 0.6 is 23.1 Å². The van der Waals surface area contributed by atoms with Crippen LogP contribution in [0.2, 0.25) is 0 Å². The number of nitro groups is 1. The van der Waals surface area contributed by atoms with Gasteiger partial charge in [-0.3, -0.25) is 10.1 Å². The summed E-state index contributed by atoms with van der Waals surface area (Å²) in [5.74, 6) is 1.67. The molecule has 1 aromatic carbocycles. The van der Waals surface area contributed by atoms with Crippen LogP contribution < -0.4 is 10.1 Å². The van der Waals surface area contributed by atoms with Gasteiger partial charge in [0.25, 0.3) is 5.69 Å². The number of non-ortho nitro benzene ring substituents is 1. The predicted molar refractivity (Wildman–Crippen MR) is 135 cm³/mol. The summed E-state index contributed by atoms with van der Waals surface area (Å²) >= 11 is 3.06. The van der Waals surface area contributed by atoms with Crippen LogP contribution in [-0.4, -0.2) is 27.0 Å². The van der Waals surface area contributed by atoms with E-state index in [0.29, 0.717) is 30.6 Å². The lowest BCUT2D eigenvalue weighted by molar-refractivity contribution is -0.385. The number of hydrogen-bond donors (Lipinski definition) is 1. The molecule has 0 saturated heterocycles. The minimum atomic E-state index is -4.76. The van der Waals surface area contributed by atoms with Crippen LogP contribution in [0, 0.1) is 10.1 Å². The van der Waals surface area contributed by atoms with Crippen molar-refractivity contribution < 1.29 is 27.2 Å². The number of nitro benzene ring substituents is 1. The van der Waals surface area contributed by atoms with Crippen molar-refractivity contribution >= 4 is 33.9 Å². The molecule has 0 amide bonds. The van der Waals surface area contributed by atoms with Gasteiger partial charge in [-0.1, -0.05) is 32.1 Å². The Morgan fingerprint density at radius 3 is 2.70 bits per heavy atom. The number of thioether (sulfide) groups is 1. The maximum absolute atomic E-state index is 13.5. The minimum Gasteiger partial charge on any atom is -0.490 e. The highest BCUT2D eigenvalue weighted by molar-refractivity contribution is 8.00. The number of rotatable bonds is 8. The zero-order valence-corrected chi connectivity index (χ0v) is 22.1. The van der Waals surface area contributed by atoms with Crippen LogP contribution in [0.25, 0.3) is 0 Å². The lowest BCUT2D eigenvalue weighted by Gasteiger charge is -2.30. The number of benzene rings is 1. The highest BCUT2D eigenvalue weighted by Gasteiger charge is 2.37. The van der Waals surface area contributed by atoms with Crippen molar-refractivity contribution in [1.29, 1.82) is 0 Å². The molecule has 1 aliphatic rings. The Labute approximate surface area is 220 Å². The first-order chi connectivity index (χ1) is 17.4. The molecule has 1 fully saturated rings. The number of ether oxygens (including phenoxy) is 1. The fourth-order valence-electron chi connectivity index (χ4n) is 3.94. The topological polar surface area (TPSA) is 103 Å². The fourth-order valence-corrected chi connectivity index (χ4v) is 5.75. The first-order valence-corrected chi connectivity index (χ1v) is 13.5. The quantitative estimate of drug-likeness (QED) is 0.173. The van der Waals surface area contributed by atoms with Gasteiger partial charge in [-0.25, -0.2) is 9.97 Å². The van der Waals surface area contributed by atoms with Crippen LogP contribution in [0.4, 0.5) is 24.0 Å². The number of oxazole rings is 1. The SMILES string of the molecule is CC(C)(C)c1cnc(CSc2cnc(N[C@@H]3CCC[C@@H](Oc4ccc([N+](=O)[O-])cc4C(F)(F)F)C3)s2)o1. The maximum Gasteiger partial charge on any atom is 0.420 e. The second kappa shape index (κ2) is 10.9. The molecule has 2 heterocycles. The summed E-state index contributed by atoms with van der Waals surface area (Å²) < 4.78 is 53.0. The molecule has 1 N–H and O–H groups in total. The fraction of sp³-hybridized carbons (Fsp3) is 0.500. The van der Waals surface area contributed by atoms with E-state index in [0.717, 1.165) is 40.1 Å². The second-order valence-corrected chi connectivity index (χ2v) is 12.1. The molecule has 200 valence electrons. The van der Waals surface area contributed by atoms with Crippen molar-refractivity contribution in [2.75, 3.05) is 5.32 Å². The summed E-state index contributed by atoms with van der Waals surface area (Å²) in [6, 6.07) is 2.56. The van der Waals surface area contributed by atoms with Gasteiger partial charge in [-0.05, 0) is 25.3 Å². The summed E-state index contributed by atoms with van der Waals surface area (Å²) in [6.07, 6.45) is 0.997. The number of alkyl halides is 3. The first-order valence-electron chi connectivity index (χ1n) is 11.7. The van der Waals surface area contributed by atoms with E-state index in [1.165, 1.54) is 11.3 Å². The molecule has 0 aliphatic heterocycles. The molecular weight excluding hydrogens is 529 g/mol. The van der Waals surface area contributed by atoms with E-state index in [4.69, 9.17) is 9.15 Å². The van der Waals surface area contributed by atoms with E-state index in [-0.39, 0.29) is 11.5 Å². The molecule has 3 aromatic rings. The maximum atomic E-state index is 13.5. The van der Waals surface area contributed by atoms with E-state index >= 15 is 0 Å². The van der Waals surface area contributed by atoms with Crippen LogP contribution in [0.1, 0.15) is 63.7 Å². The number of nitrogens with zero attached hydrogens (tertiary/aromatic N) is 3. The van der Waals surface area contributed by atoms with Gasteiger partial charge in [0.2, 0.25) is 5.89 Å². The van der Waals surface area contributed by atoms with Gasteiger partial charge < -0.3 is 14.5 Å². The van der Waals surface area contributed by atoms with Crippen molar-refractivity contribution in [2.45, 2.75) is 80.2 Å². The lowest BCUT2D eigenvalue weighted by atomic mass is 9.93. The van der Waals surface area contributed by atoms with Crippen LogP contribution in [0.3, 0.4) is 0 Å². The average Bonchev–Trinajstić information content (AvgIpc) is 3.47. The molecule has 8 nitrogen and oxygen atoms in total. The van der Waals surface area contributed by atoms with Gasteiger partial charge in [0.15, 0.2) is 5.13 Å². The Balaban J connectivity index is 1.34. The third kappa shape index (κ3) is 7.16. The van der Waals surface area contributed by atoms with Crippen molar-refractivity contribution in [3.63, 3.8) is 0 Å². The highest BCUT2D eigenvalue weighted by atomic mass is 32.2. The molecule has 1 aliphatic carbocycles. The van der Waals surface area contributed by atoms with Crippen LogP contribution in [-0.2, 0) is 17.3 Å². The highest BCUT2D eigenvalue weighted by Crippen LogP contribution is 2.40. The number of nitrogens with one attached hydrogen (secondary N) is 1. The summed E-state index contributed by atoms with van der Waals surface area (Å²) in [7, 11) is 0. The summed E-state index contributed by atoms with van der Waals surface area (Å²) in [4.78, 5) is 18.8. The largest absolute Gasteiger partial charge is 0.490 e. The molecule has 0 unspecified atom stereocenters. The Hall–Kier alpha value is -2.80. The molecule has 0 spiro atoms. The first kappa shape index (κ1) is 27.2. The zero-order chi connectivity index (χ0) is 26.8. The zero-order valence-electron chi connectivity index (χ0n) is 20.5. The van der Waals surface area contributed by atoms with Crippen molar-refractivity contribution in [3.8, 4) is 5.75 Å². The van der Waals surface area contributed by atoms with Crippen LogP contribution in [0.5, 0.6) is 5.75 Å². The van der Waals surface area contributed by atoms with Crippen molar-refractivity contribution in [2.24, 2.45) is 0 Å². The third-order valence-corrected chi connectivity index (χ3v) is 7.95. The van der Waals surface area contributed by atoms with Gasteiger partial charge >= 0.3 is 6.18 Å². The lowest BCUT2D eigenvalue weighted by Crippen LogP contribution is -2.33. The Bertz CT molecular complexity index is 1240. The molecule has 2 aromatic heterocycles. The smallest absolute Gasteiger partial charge is 0.420 e. The molecule has 13 heteroatoms. The van der Waals surface area contributed by atoms with Gasteiger partial charge in [0.1, 0.15) is 23.2 Å². The normalized spacial score (nSPS) is 18.5. The molecule has 37 heavy (non-hydrogen) atoms. The van der Waals surface area contributed by atoms with Crippen LogP contribution in [0.15, 0.2) is 39.2 Å². The predicted octanol–water partition coefficient (Wildman–Crippen LogP) is 7.45. The number of anilines is 1. The van der Waals surface area contributed by atoms with Crippen molar-refractivity contribution in [1.82, 2.24) is 9.97 Å². The van der Waals surface area contributed by atoms with E-state index < -0.39 is 34.2 Å². The monoisotopic (exact) mass is 556 g/mol. The van der Waals surface area contributed by atoms with E-state index in [2.05, 4.69) is 36.1 Å². The third-order valence-electron chi connectivity index (χ3n) is 5.84. The van der Waals surface area contributed by atoms with Crippen molar-refractivity contribution in [3.05, 3.63) is 57.9 Å². The Morgan fingerprint density at radius 1 is 1.24 bits per heavy atom. The number of halogens is 3. The minimum absolute atomic E-state index is 0.0174. The molecule has 0 bridgehead atoms. The standard InChI is InChI=1S/C24H27F3N4O4S2/c1-23(2,3)19-11-28-20(35-19)13-36-21-12-29-22(37-21)30-14-5-4-6-16(9-14)34-18-8-7-15(31(32)33)10-17(18)24(25,26)27/h7-8,10-12,14,16H,4-6,9,13H2,1-3H3,(H,29,30)/t14-,16-/m1/s1. The summed E-state index contributed by atoms with van der Waals surface area (Å²) in [6.45, 7) is 6.19. The molecule has 0 radical (unpaired) electrons. The number of thiazole rings is 1. The summed E-state index contributed by atoms with van der Waals surface area (Å²) in [5, 5.41) is 15.0. The van der Waals surface area contributed by atoms with Gasteiger partial charge in [-0.15, -0.1) is 11.8 Å². The van der Waals surface area contributed by atoms with Gasteiger partial charge in [-0.2, -0.15) is 13.2 Å².